The lowest BCUT2D eigenvalue weighted by atomic mass is 10.2. The van der Waals surface area contributed by atoms with Crippen LogP contribution in [0.25, 0.3) is 0 Å². The van der Waals surface area contributed by atoms with Gasteiger partial charge in [-0.25, -0.2) is 9.88 Å². The number of aryl methyl sites for hydroxylation is 1. The Labute approximate surface area is 181 Å². The van der Waals surface area contributed by atoms with Crippen LogP contribution in [0.2, 0.25) is 0 Å². The zero-order valence-corrected chi connectivity index (χ0v) is 17.3. The summed E-state index contributed by atoms with van der Waals surface area (Å²) in [5, 5.41) is 7.60. The zero-order chi connectivity index (χ0) is 21.3. The van der Waals surface area contributed by atoms with E-state index in [2.05, 4.69) is 15.6 Å². The van der Waals surface area contributed by atoms with E-state index in [9.17, 15) is 14.4 Å². The summed E-state index contributed by atoms with van der Waals surface area (Å²) in [6.07, 6.45) is 1.59. The van der Waals surface area contributed by atoms with Gasteiger partial charge in [0, 0.05) is 22.8 Å². The van der Waals surface area contributed by atoms with Gasteiger partial charge in [0.1, 0.15) is 10.7 Å². The molecule has 7 nitrogen and oxygen atoms in total. The number of hydrogen-bond acceptors (Lipinski definition) is 6. The third kappa shape index (κ3) is 3.83. The van der Waals surface area contributed by atoms with Gasteiger partial charge in [0.25, 0.3) is 17.7 Å². The first kappa shape index (κ1) is 19.8. The second-order valence-electron chi connectivity index (χ2n) is 6.47. The van der Waals surface area contributed by atoms with Crippen LogP contribution in [0, 0.1) is 6.92 Å². The van der Waals surface area contributed by atoms with Crippen LogP contribution in [-0.4, -0.2) is 22.7 Å². The summed E-state index contributed by atoms with van der Waals surface area (Å²) in [5.74, 6) is -1.51. The molecule has 150 valence electrons. The molecule has 1 aliphatic rings. The Morgan fingerprint density at radius 3 is 2.63 bits per heavy atom. The molecule has 0 bridgehead atoms. The van der Waals surface area contributed by atoms with Crippen LogP contribution in [0.1, 0.15) is 15.9 Å². The third-order valence-electron chi connectivity index (χ3n) is 4.33. The number of amides is 3. The van der Waals surface area contributed by atoms with Crippen molar-refractivity contribution in [3.63, 3.8) is 0 Å². The van der Waals surface area contributed by atoms with E-state index in [1.165, 1.54) is 11.3 Å². The number of halogens is 1. The van der Waals surface area contributed by atoms with Gasteiger partial charge in [0.2, 0.25) is 0 Å². The zero-order valence-electron chi connectivity index (χ0n) is 15.7. The van der Waals surface area contributed by atoms with E-state index in [0.29, 0.717) is 22.1 Å². The van der Waals surface area contributed by atoms with Crippen molar-refractivity contribution >= 4 is 57.2 Å². The second kappa shape index (κ2) is 8.10. The Morgan fingerprint density at radius 1 is 1.10 bits per heavy atom. The highest BCUT2D eigenvalue weighted by atomic mass is 35.5. The molecule has 1 aromatic heterocycles. The number of nitrogens with zero attached hydrogens (tertiary/aromatic N) is 2. The molecular formula is C21H15ClN4O3S. The van der Waals surface area contributed by atoms with Crippen LogP contribution in [0.4, 0.5) is 16.5 Å². The number of rotatable bonds is 5. The molecule has 0 aliphatic carbocycles. The first-order valence-corrected chi connectivity index (χ1v) is 10.1. The Morgan fingerprint density at radius 2 is 1.90 bits per heavy atom. The Bertz CT molecular complexity index is 1190. The van der Waals surface area contributed by atoms with Gasteiger partial charge in [-0.3, -0.25) is 19.7 Å². The smallest absolute Gasteiger partial charge is 0.283 e. The molecule has 2 N–H and O–H groups in total. The minimum Gasteiger partial charge on any atom is -0.350 e. The van der Waals surface area contributed by atoms with Crippen molar-refractivity contribution in [2.75, 3.05) is 15.5 Å². The Balaban J connectivity index is 1.56. The number of nitrogens with one attached hydrogen (secondary N) is 2. The van der Waals surface area contributed by atoms with Crippen molar-refractivity contribution in [3.8, 4) is 0 Å². The number of thiazole rings is 1. The predicted octanol–water partition coefficient (Wildman–Crippen LogP) is 4.14. The van der Waals surface area contributed by atoms with Gasteiger partial charge < -0.3 is 5.32 Å². The van der Waals surface area contributed by atoms with Gasteiger partial charge in [0.05, 0.1) is 5.69 Å². The van der Waals surface area contributed by atoms with E-state index in [-0.39, 0.29) is 16.6 Å². The Hall–Kier alpha value is -3.49. The highest BCUT2D eigenvalue weighted by Crippen LogP contribution is 2.30. The summed E-state index contributed by atoms with van der Waals surface area (Å²) in [7, 11) is 0. The number of benzene rings is 2. The topological polar surface area (TPSA) is 91.4 Å². The molecule has 9 heteroatoms. The summed E-state index contributed by atoms with van der Waals surface area (Å²) >= 11 is 7.48. The fraction of sp³-hybridized carbons (Fsp3) is 0.0476. The third-order valence-corrected chi connectivity index (χ3v) is 5.37. The van der Waals surface area contributed by atoms with E-state index >= 15 is 0 Å². The summed E-state index contributed by atoms with van der Waals surface area (Å²) < 4.78 is 0. The van der Waals surface area contributed by atoms with E-state index in [1.807, 2.05) is 13.0 Å². The molecule has 4 rings (SSSR count). The van der Waals surface area contributed by atoms with Gasteiger partial charge in [-0.15, -0.1) is 11.3 Å². The number of aromatic nitrogens is 1. The summed E-state index contributed by atoms with van der Waals surface area (Å²) in [4.78, 5) is 42.9. The number of carbonyl (C=O) groups is 3. The highest BCUT2D eigenvalue weighted by molar-refractivity contribution is 7.13. The molecule has 0 saturated carbocycles. The van der Waals surface area contributed by atoms with Crippen molar-refractivity contribution in [3.05, 3.63) is 82.0 Å². The van der Waals surface area contributed by atoms with E-state index in [0.717, 1.165) is 10.5 Å². The molecule has 0 atom stereocenters. The average Bonchev–Trinajstić information content (AvgIpc) is 3.31. The van der Waals surface area contributed by atoms with E-state index in [4.69, 9.17) is 11.6 Å². The minimum atomic E-state index is -0.604. The first-order chi connectivity index (χ1) is 14.4. The standard InChI is InChI=1S/C21H15ClN4O3S/c1-12-4-2-7-15(10-12)26-19(28)16(22)17(20(26)29)24-14-6-3-5-13(11-14)18(27)25-21-23-8-9-30-21/h2-11,24H,1H3,(H,23,25,27). The molecule has 2 aromatic carbocycles. The van der Waals surface area contributed by atoms with Crippen LogP contribution >= 0.6 is 22.9 Å². The van der Waals surface area contributed by atoms with E-state index < -0.39 is 11.8 Å². The lowest BCUT2D eigenvalue weighted by Gasteiger charge is -2.15. The second-order valence-corrected chi connectivity index (χ2v) is 7.74. The van der Waals surface area contributed by atoms with Crippen molar-refractivity contribution in [2.45, 2.75) is 6.92 Å². The number of imide groups is 1. The van der Waals surface area contributed by atoms with Gasteiger partial charge in [0.15, 0.2) is 5.13 Å². The fourth-order valence-corrected chi connectivity index (χ4v) is 3.69. The maximum absolute atomic E-state index is 12.9. The molecule has 0 saturated heterocycles. The number of carbonyl (C=O) groups excluding carboxylic acids is 3. The molecule has 3 aromatic rings. The lowest BCUT2D eigenvalue weighted by Crippen LogP contribution is -2.32. The maximum Gasteiger partial charge on any atom is 0.283 e. The van der Waals surface area contributed by atoms with Crippen LogP contribution in [0.15, 0.2) is 70.8 Å². The average molecular weight is 439 g/mol. The Kier molecular flexibility index (Phi) is 5.35. The maximum atomic E-state index is 12.9. The normalized spacial score (nSPS) is 13.7. The molecule has 0 spiro atoms. The first-order valence-electron chi connectivity index (χ1n) is 8.87. The highest BCUT2D eigenvalue weighted by Gasteiger charge is 2.39. The molecule has 0 radical (unpaired) electrons. The molecular weight excluding hydrogens is 424 g/mol. The van der Waals surface area contributed by atoms with Gasteiger partial charge in [-0.2, -0.15) is 0 Å². The van der Waals surface area contributed by atoms with Gasteiger partial charge in [-0.05, 0) is 42.8 Å². The van der Waals surface area contributed by atoms with Crippen molar-refractivity contribution in [1.29, 1.82) is 0 Å². The monoisotopic (exact) mass is 438 g/mol. The minimum absolute atomic E-state index is 0.0411. The van der Waals surface area contributed by atoms with Crippen LogP contribution in [-0.2, 0) is 9.59 Å². The van der Waals surface area contributed by atoms with Crippen molar-refractivity contribution < 1.29 is 14.4 Å². The molecule has 0 unspecified atom stereocenters. The lowest BCUT2D eigenvalue weighted by molar-refractivity contribution is -0.120. The van der Waals surface area contributed by atoms with E-state index in [1.54, 1.807) is 54.0 Å². The SMILES string of the molecule is Cc1cccc(N2C(=O)C(Cl)=C(Nc3cccc(C(=O)Nc4nccs4)c3)C2=O)c1. The largest absolute Gasteiger partial charge is 0.350 e. The fourth-order valence-electron chi connectivity index (χ4n) is 2.95. The van der Waals surface area contributed by atoms with Crippen LogP contribution in [0.3, 0.4) is 0 Å². The summed E-state index contributed by atoms with van der Waals surface area (Å²) in [6.45, 7) is 1.87. The quantitative estimate of drug-likeness (QED) is 0.584. The number of hydrogen-bond donors (Lipinski definition) is 2. The molecule has 3 amide bonds. The van der Waals surface area contributed by atoms with Crippen molar-refractivity contribution in [1.82, 2.24) is 4.98 Å². The van der Waals surface area contributed by atoms with Crippen molar-refractivity contribution in [2.24, 2.45) is 0 Å². The summed E-state index contributed by atoms with van der Waals surface area (Å²) in [6, 6.07) is 13.5. The van der Waals surface area contributed by atoms with Crippen LogP contribution in [0.5, 0.6) is 0 Å². The number of anilines is 3. The molecule has 1 aliphatic heterocycles. The molecule has 2 heterocycles. The van der Waals surface area contributed by atoms with Gasteiger partial charge >= 0.3 is 0 Å². The molecule has 0 fully saturated rings. The predicted molar refractivity (Wildman–Crippen MR) is 117 cm³/mol. The van der Waals surface area contributed by atoms with Gasteiger partial charge in [-0.1, -0.05) is 29.8 Å². The molecule has 30 heavy (non-hydrogen) atoms. The van der Waals surface area contributed by atoms with Crippen LogP contribution < -0.4 is 15.5 Å². The summed E-state index contributed by atoms with van der Waals surface area (Å²) in [5.41, 5.74) is 2.11.